The summed E-state index contributed by atoms with van der Waals surface area (Å²) in [6, 6.07) is 5.38. The molecular weight excluding hydrogens is 226 g/mol. The Morgan fingerprint density at radius 2 is 1.94 bits per heavy atom. The van der Waals surface area contributed by atoms with Crippen LogP contribution >= 0.6 is 0 Å². The molecule has 92 valence electrons. The number of rotatable bonds is 5. The number of Topliss-reactive ketones (excluding diaryl/α,β-unsaturated/α-hetero) is 2. The molecule has 1 aromatic carbocycles. The molecule has 0 saturated carbocycles. The predicted octanol–water partition coefficient (Wildman–Crippen LogP) is 3.42. The fourth-order valence-corrected chi connectivity index (χ4v) is 1.64. The van der Waals surface area contributed by atoms with E-state index in [0.717, 1.165) is 0 Å². The normalized spacial score (nSPS) is 12.5. The number of halogens is 2. The highest BCUT2D eigenvalue weighted by Crippen LogP contribution is 2.21. The van der Waals surface area contributed by atoms with Crippen LogP contribution in [-0.4, -0.2) is 11.6 Å². The Hall–Kier alpha value is -1.58. The van der Waals surface area contributed by atoms with Crippen LogP contribution in [0.1, 0.15) is 42.6 Å². The summed E-state index contributed by atoms with van der Waals surface area (Å²) in [7, 11) is 0. The Bertz CT molecular complexity index is 427. The summed E-state index contributed by atoms with van der Waals surface area (Å²) in [5, 5.41) is 0. The molecule has 0 bridgehead atoms. The number of carbonyl (C=O) groups excluding carboxylic acids is 2. The van der Waals surface area contributed by atoms with Gasteiger partial charge in [-0.05, 0) is 13.0 Å². The van der Waals surface area contributed by atoms with Gasteiger partial charge in [0.05, 0.1) is 0 Å². The summed E-state index contributed by atoms with van der Waals surface area (Å²) in [5.41, 5.74) is 0.0578. The van der Waals surface area contributed by atoms with Gasteiger partial charge in [0.2, 0.25) is 0 Å². The number of carbonyl (C=O) groups is 2. The first kappa shape index (κ1) is 13.5. The first-order chi connectivity index (χ1) is 7.91. The summed E-state index contributed by atoms with van der Waals surface area (Å²) in [5.74, 6) is -0.834. The van der Waals surface area contributed by atoms with Crippen LogP contribution in [0.15, 0.2) is 24.3 Å². The molecule has 0 aliphatic heterocycles. The second kappa shape index (κ2) is 5.66. The number of hydrogen-bond donors (Lipinski definition) is 0. The lowest BCUT2D eigenvalue weighted by Gasteiger charge is -2.09. The molecule has 0 fully saturated rings. The zero-order chi connectivity index (χ0) is 13.0. The third kappa shape index (κ3) is 3.73. The molecule has 0 aliphatic rings. The molecule has 0 aliphatic carbocycles. The average Bonchev–Trinajstić information content (AvgIpc) is 2.27. The van der Waals surface area contributed by atoms with Crippen molar-refractivity contribution in [2.75, 3.05) is 0 Å². The van der Waals surface area contributed by atoms with Crippen LogP contribution < -0.4 is 0 Å². The van der Waals surface area contributed by atoms with Crippen molar-refractivity contribution in [3.63, 3.8) is 0 Å². The molecule has 0 saturated heterocycles. The minimum atomic E-state index is -2.59. The van der Waals surface area contributed by atoms with Gasteiger partial charge in [-0.3, -0.25) is 4.79 Å². The van der Waals surface area contributed by atoms with Gasteiger partial charge in [-0.15, -0.1) is 0 Å². The van der Waals surface area contributed by atoms with Crippen LogP contribution in [0, 0.1) is 5.92 Å². The lowest BCUT2D eigenvalue weighted by molar-refractivity contribution is -0.117. The van der Waals surface area contributed by atoms with Gasteiger partial charge >= 0.3 is 0 Å². The largest absolute Gasteiger partial charge is 0.300 e. The van der Waals surface area contributed by atoms with E-state index in [-0.39, 0.29) is 29.1 Å². The van der Waals surface area contributed by atoms with Crippen molar-refractivity contribution in [1.29, 1.82) is 0 Å². The molecule has 4 heteroatoms. The summed E-state index contributed by atoms with van der Waals surface area (Å²) < 4.78 is 24.9. The van der Waals surface area contributed by atoms with Gasteiger partial charge in [0, 0.05) is 23.5 Å². The first-order valence-electron chi connectivity index (χ1n) is 5.33. The molecule has 1 atom stereocenters. The van der Waals surface area contributed by atoms with E-state index in [9.17, 15) is 18.4 Å². The minimum absolute atomic E-state index is 0.0872. The van der Waals surface area contributed by atoms with Crippen LogP contribution in [0.4, 0.5) is 8.78 Å². The zero-order valence-electron chi connectivity index (χ0n) is 9.74. The van der Waals surface area contributed by atoms with Crippen molar-refractivity contribution >= 4 is 11.6 Å². The topological polar surface area (TPSA) is 34.1 Å². The third-order valence-corrected chi connectivity index (χ3v) is 2.46. The molecule has 1 aromatic rings. The van der Waals surface area contributed by atoms with Crippen molar-refractivity contribution < 1.29 is 18.4 Å². The van der Waals surface area contributed by atoms with Crippen molar-refractivity contribution in [3.05, 3.63) is 35.4 Å². The Morgan fingerprint density at radius 3 is 2.47 bits per heavy atom. The number of alkyl halides is 2. The first-order valence-corrected chi connectivity index (χ1v) is 5.33. The summed E-state index contributed by atoms with van der Waals surface area (Å²) in [6.45, 7) is 3.03. The van der Waals surface area contributed by atoms with Crippen LogP contribution in [0.5, 0.6) is 0 Å². The fourth-order valence-electron chi connectivity index (χ4n) is 1.64. The minimum Gasteiger partial charge on any atom is -0.300 e. The van der Waals surface area contributed by atoms with Gasteiger partial charge in [0.15, 0.2) is 5.78 Å². The predicted molar refractivity (Wildman–Crippen MR) is 60.2 cm³/mol. The quantitative estimate of drug-likeness (QED) is 0.739. The van der Waals surface area contributed by atoms with Crippen LogP contribution in [0.3, 0.4) is 0 Å². The molecule has 0 radical (unpaired) electrons. The van der Waals surface area contributed by atoms with Crippen molar-refractivity contribution in [3.8, 4) is 0 Å². The Kier molecular flexibility index (Phi) is 4.49. The molecule has 1 rings (SSSR count). The SMILES string of the molecule is CC(=O)CC(C)C(=O)c1cccc(C(F)F)c1. The van der Waals surface area contributed by atoms with Gasteiger partial charge < -0.3 is 4.79 Å². The monoisotopic (exact) mass is 240 g/mol. The lowest BCUT2D eigenvalue weighted by atomic mass is 9.94. The van der Waals surface area contributed by atoms with Crippen molar-refractivity contribution in [2.24, 2.45) is 5.92 Å². The van der Waals surface area contributed by atoms with Crippen molar-refractivity contribution in [2.45, 2.75) is 26.7 Å². The Balaban J connectivity index is 2.88. The van der Waals surface area contributed by atoms with E-state index in [4.69, 9.17) is 0 Å². The number of benzene rings is 1. The molecule has 0 N–H and O–H groups in total. The van der Waals surface area contributed by atoms with Gasteiger partial charge in [0.1, 0.15) is 5.78 Å². The highest BCUT2D eigenvalue weighted by molar-refractivity contribution is 5.99. The van der Waals surface area contributed by atoms with Crippen molar-refractivity contribution in [1.82, 2.24) is 0 Å². The molecular formula is C13H14F2O2. The highest BCUT2D eigenvalue weighted by Gasteiger charge is 2.18. The van der Waals surface area contributed by atoms with E-state index in [0.29, 0.717) is 0 Å². The van der Waals surface area contributed by atoms with Crippen LogP contribution in [0.25, 0.3) is 0 Å². The number of hydrogen-bond acceptors (Lipinski definition) is 2. The third-order valence-electron chi connectivity index (χ3n) is 2.46. The standard InChI is InChI=1S/C13H14F2O2/c1-8(6-9(2)16)12(17)10-4-3-5-11(7-10)13(14)15/h3-5,7-8,13H,6H2,1-2H3. The number of ketones is 2. The molecule has 17 heavy (non-hydrogen) atoms. The maximum absolute atomic E-state index is 12.5. The molecule has 0 aromatic heterocycles. The summed E-state index contributed by atoms with van der Waals surface area (Å²) >= 11 is 0. The van der Waals surface area contributed by atoms with E-state index in [2.05, 4.69) is 0 Å². The molecule has 0 amide bonds. The highest BCUT2D eigenvalue weighted by atomic mass is 19.3. The van der Waals surface area contributed by atoms with Gasteiger partial charge in [0.25, 0.3) is 6.43 Å². The zero-order valence-corrected chi connectivity index (χ0v) is 9.74. The van der Waals surface area contributed by atoms with Crippen LogP contribution in [0.2, 0.25) is 0 Å². The van der Waals surface area contributed by atoms with E-state index in [1.165, 1.54) is 31.2 Å². The smallest absolute Gasteiger partial charge is 0.263 e. The molecule has 0 heterocycles. The average molecular weight is 240 g/mol. The Labute approximate surface area is 98.6 Å². The van der Waals surface area contributed by atoms with Gasteiger partial charge in [-0.25, -0.2) is 8.78 Å². The van der Waals surface area contributed by atoms with Gasteiger partial charge in [-0.1, -0.05) is 25.1 Å². The maximum atomic E-state index is 12.5. The fraction of sp³-hybridized carbons (Fsp3) is 0.385. The molecule has 2 nitrogen and oxygen atoms in total. The summed E-state index contributed by atoms with van der Waals surface area (Å²) in [4.78, 5) is 22.8. The molecule has 0 spiro atoms. The second-order valence-corrected chi connectivity index (χ2v) is 4.10. The van der Waals surface area contributed by atoms with E-state index in [1.54, 1.807) is 6.92 Å². The van der Waals surface area contributed by atoms with Crippen LogP contribution in [-0.2, 0) is 4.79 Å². The van der Waals surface area contributed by atoms with E-state index < -0.39 is 12.3 Å². The summed E-state index contributed by atoms with van der Waals surface area (Å²) in [6.07, 6.45) is -2.46. The maximum Gasteiger partial charge on any atom is 0.263 e. The molecule has 1 unspecified atom stereocenters. The second-order valence-electron chi connectivity index (χ2n) is 4.10. The van der Waals surface area contributed by atoms with E-state index >= 15 is 0 Å². The lowest BCUT2D eigenvalue weighted by Crippen LogP contribution is -2.14. The van der Waals surface area contributed by atoms with Gasteiger partial charge in [-0.2, -0.15) is 0 Å². The van der Waals surface area contributed by atoms with E-state index in [1.807, 2.05) is 0 Å². The Morgan fingerprint density at radius 1 is 1.29 bits per heavy atom.